The normalized spacial score (nSPS) is 13.4. The molecule has 0 aliphatic heterocycles. The van der Waals surface area contributed by atoms with Crippen LogP contribution in [0.3, 0.4) is 0 Å². The standard InChI is InChI=1S/C18H14F3N3O/c19-18(20,21)15-8-9-24(23-15)10-16(25)22-14-7-6-12-5-4-11-2-1-3-13(14)17(11)12/h1-3,6-9H,4-5,10H2,(H,22,25). The number of hydrogen-bond donors (Lipinski definition) is 1. The first-order valence-electron chi connectivity index (χ1n) is 7.86. The van der Waals surface area contributed by atoms with E-state index in [9.17, 15) is 18.0 Å². The molecular formula is C18H14F3N3O. The van der Waals surface area contributed by atoms with Crippen molar-refractivity contribution in [3.05, 3.63) is 59.4 Å². The summed E-state index contributed by atoms with van der Waals surface area (Å²) in [5, 5.41) is 8.30. The van der Waals surface area contributed by atoms with Crippen LogP contribution in [0.5, 0.6) is 0 Å². The van der Waals surface area contributed by atoms with Gasteiger partial charge in [0.1, 0.15) is 6.54 Å². The van der Waals surface area contributed by atoms with Crippen molar-refractivity contribution in [3.8, 4) is 0 Å². The van der Waals surface area contributed by atoms with E-state index in [1.54, 1.807) is 0 Å². The van der Waals surface area contributed by atoms with Crippen LogP contribution < -0.4 is 5.32 Å². The molecule has 1 N–H and O–H groups in total. The Hall–Kier alpha value is -2.83. The van der Waals surface area contributed by atoms with Crippen LogP contribution in [0.4, 0.5) is 18.9 Å². The Balaban J connectivity index is 1.56. The number of carbonyl (C=O) groups is 1. The highest BCUT2D eigenvalue weighted by Crippen LogP contribution is 2.35. The average molecular weight is 345 g/mol. The first kappa shape index (κ1) is 15.7. The third-order valence-electron chi connectivity index (χ3n) is 4.39. The van der Waals surface area contributed by atoms with Crippen molar-refractivity contribution in [2.45, 2.75) is 25.6 Å². The minimum Gasteiger partial charge on any atom is -0.324 e. The zero-order valence-corrected chi connectivity index (χ0v) is 13.1. The molecule has 0 bridgehead atoms. The molecule has 0 spiro atoms. The molecule has 1 amide bonds. The number of hydrogen-bond acceptors (Lipinski definition) is 2. The Morgan fingerprint density at radius 1 is 1.12 bits per heavy atom. The summed E-state index contributed by atoms with van der Waals surface area (Å²) in [7, 11) is 0. The Kier molecular flexibility index (Phi) is 3.52. The van der Waals surface area contributed by atoms with E-state index in [0.29, 0.717) is 5.69 Å². The Morgan fingerprint density at radius 2 is 1.88 bits per heavy atom. The summed E-state index contributed by atoms with van der Waals surface area (Å²) in [6, 6.07) is 10.7. The van der Waals surface area contributed by atoms with E-state index in [-0.39, 0.29) is 6.54 Å². The highest BCUT2D eigenvalue weighted by Gasteiger charge is 2.33. The molecule has 4 nitrogen and oxygen atoms in total. The third-order valence-corrected chi connectivity index (χ3v) is 4.39. The molecule has 0 radical (unpaired) electrons. The van der Waals surface area contributed by atoms with Crippen LogP contribution in [0.25, 0.3) is 10.8 Å². The third kappa shape index (κ3) is 2.86. The molecule has 25 heavy (non-hydrogen) atoms. The van der Waals surface area contributed by atoms with Gasteiger partial charge in [-0.05, 0) is 41.5 Å². The van der Waals surface area contributed by atoms with Gasteiger partial charge in [-0.2, -0.15) is 18.3 Å². The van der Waals surface area contributed by atoms with Gasteiger partial charge in [-0.3, -0.25) is 9.48 Å². The molecule has 1 aromatic heterocycles. The topological polar surface area (TPSA) is 46.9 Å². The zero-order valence-electron chi connectivity index (χ0n) is 13.1. The molecule has 2 aromatic carbocycles. The second kappa shape index (κ2) is 5.61. The van der Waals surface area contributed by atoms with Gasteiger partial charge in [0.2, 0.25) is 5.91 Å². The lowest BCUT2D eigenvalue weighted by Gasteiger charge is -2.11. The first-order valence-corrected chi connectivity index (χ1v) is 7.86. The number of alkyl halides is 3. The maximum absolute atomic E-state index is 12.6. The van der Waals surface area contributed by atoms with Crippen molar-refractivity contribution >= 4 is 22.4 Å². The van der Waals surface area contributed by atoms with E-state index >= 15 is 0 Å². The van der Waals surface area contributed by atoms with Gasteiger partial charge in [0.05, 0.1) is 0 Å². The number of nitrogens with one attached hydrogen (secondary N) is 1. The molecule has 0 saturated heterocycles. The van der Waals surface area contributed by atoms with Crippen molar-refractivity contribution in [1.82, 2.24) is 9.78 Å². The lowest BCUT2D eigenvalue weighted by atomic mass is 10.0. The minimum absolute atomic E-state index is 0.279. The molecule has 1 aliphatic rings. The lowest BCUT2D eigenvalue weighted by molar-refractivity contribution is -0.141. The molecule has 0 fully saturated rings. The van der Waals surface area contributed by atoms with Gasteiger partial charge in [-0.25, -0.2) is 0 Å². The maximum Gasteiger partial charge on any atom is 0.435 e. The number of benzene rings is 2. The summed E-state index contributed by atoms with van der Waals surface area (Å²) in [5.74, 6) is -0.421. The SMILES string of the molecule is O=C(Cn1ccc(C(F)(F)F)n1)Nc1ccc2c3c(cccc13)CC2. The van der Waals surface area contributed by atoms with Crippen LogP contribution in [0.1, 0.15) is 16.8 Å². The van der Waals surface area contributed by atoms with Crippen molar-refractivity contribution in [3.63, 3.8) is 0 Å². The number of anilines is 1. The number of carbonyl (C=O) groups excluding carboxylic acids is 1. The van der Waals surface area contributed by atoms with Gasteiger partial charge >= 0.3 is 6.18 Å². The summed E-state index contributed by atoms with van der Waals surface area (Å²) >= 11 is 0. The molecular weight excluding hydrogens is 331 g/mol. The highest BCUT2D eigenvalue weighted by atomic mass is 19.4. The monoisotopic (exact) mass is 345 g/mol. The number of aryl methyl sites for hydroxylation is 2. The number of rotatable bonds is 3. The van der Waals surface area contributed by atoms with E-state index in [2.05, 4.69) is 16.5 Å². The Morgan fingerprint density at radius 3 is 2.60 bits per heavy atom. The van der Waals surface area contributed by atoms with Crippen LogP contribution in [0.2, 0.25) is 0 Å². The number of nitrogens with zero attached hydrogens (tertiary/aromatic N) is 2. The fraction of sp³-hybridized carbons (Fsp3) is 0.222. The van der Waals surface area contributed by atoms with Gasteiger partial charge in [-0.1, -0.05) is 24.3 Å². The predicted octanol–water partition coefficient (Wildman–Crippen LogP) is 3.79. The summed E-state index contributed by atoms with van der Waals surface area (Å²) in [6.45, 7) is -0.279. The summed E-state index contributed by atoms with van der Waals surface area (Å²) in [6.07, 6.45) is -1.40. The Bertz CT molecular complexity index is 965. The zero-order chi connectivity index (χ0) is 17.6. The van der Waals surface area contributed by atoms with E-state index in [1.807, 2.05) is 24.3 Å². The van der Waals surface area contributed by atoms with Crippen molar-refractivity contribution in [2.24, 2.45) is 0 Å². The number of amides is 1. The van der Waals surface area contributed by atoms with Gasteiger partial charge in [0, 0.05) is 17.3 Å². The molecule has 128 valence electrons. The molecule has 0 saturated carbocycles. The minimum atomic E-state index is -4.51. The van der Waals surface area contributed by atoms with Gasteiger partial charge in [0.15, 0.2) is 5.69 Å². The number of halogens is 3. The molecule has 1 heterocycles. The fourth-order valence-electron chi connectivity index (χ4n) is 3.29. The molecule has 3 aromatic rings. The van der Waals surface area contributed by atoms with Gasteiger partial charge < -0.3 is 5.32 Å². The van der Waals surface area contributed by atoms with Gasteiger partial charge in [0.25, 0.3) is 0 Å². The number of aromatic nitrogens is 2. The first-order chi connectivity index (χ1) is 11.9. The predicted molar refractivity (Wildman–Crippen MR) is 87.2 cm³/mol. The second-order valence-electron chi connectivity index (χ2n) is 6.06. The maximum atomic E-state index is 12.6. The van der Waals surface area contributed by atoms with Crippen LogP contribution >= 0.6 is 0 Å². The lowest BCUT2D eigenvalue weighted by Crippen LogP contribution is -2.20. The van der Waals surface area contributed by atoms with E-state index in [0.717, 1.165) is 35.2 Å². The van der Waals surface area contributed by atoms with Crippen LogP contribution in [0, 0.1) is 0 Å². The van der Waals surface area contributed by atoms with E-state index < -0.39 is 17.8 Å². The fourth-order valence-corrected chi connectivity index (χ4v) is 3.29. The van der Waals surface area contributed by atoms with Crippen molar-refractivity contribution in [1.29, 1.82) is 0 Å². The second-order valence-corrected chi connectivity index (χ2v) is 6.06. The average Bonchev–Trinajstić information content (AvgIpc) is 3.18. The van der Waals surface area contributed by atoms with Crippen LogP contribution in [-0.2, 0) is 30.4 Å². The summed E-state index contributed by atoms with van der Waals surface area (Å²) < 4.78 is 38.7. The van der Waals surface area contributed by atoms with E-state index in [1.165, 1.54) is 16.5 Å². The summed E-state index contributed by atoms with van der Waals surface area (Å²) in [4.78, 5) is 12.2. The molecule has 4 rings (SSSR count). The quantitative estimate of drug-likeness (QED) is 0.785. The smallest absolute Gasteiger partial charge is 0.324 e. The van der Waals surface area contributed by atoms with Crippen LogP contribution in [-0.4, -0.2) is 15.7 Å². The highest BCUT2D eigenvalue weighted by molar-refractivity contribution is 6.05. The Labute approximate surface area is 141 Å². The largest absolute Gasteiger partial charge is 0.435 e. The van der Waals surface area contributed by atoms with Gasteiger partial charge in [-0.15, -0.1) is 0 Å². The molecule has 1 aliphatic carbocycles. The van der Waals surface area contributed by atoms with E-state index in [4.69, 9.17) is 0 Å². The molecule has 0 atom stereocenters. The molecule has 0 unspecified atom stereocenters. The summed E-state index contributed by atoms with van der Waals surface area (Å²) in [5.41, 5.74) is 2.16. The van der Waals surface area contributed by atoms with Crippen molar-refractivity contribution in [2.75, 3.05) is 5.32 Å². The van der Waals surface area contributed by atoms with Crippen molar-refractivity contribution < 1.29 is 18.0 Å². The van der Waals surface area contributed by atoms with Crippen LogP contribution in [0.15, 0.2) is 42.6 Å². The molecule has 7 heteroatoms.